The van der Waals surface area contributed by atoms with Crippen molar-refractivity contribution in [2.45, 2.75) is 25.5 Å². The number of nitro groups is 1. The Labute approximate surface area is 130 Å². The molecule has 122 valence electrons. The standard InChI is InChI=1S/C14H21N3O4S/c1-14(6-8-15-9-7-14)11-16-22(20,21)10-12-2-4-13(5-3-12)17(18)19/h2-5,15-16H,6-11H2,1H3. The molecule has 22 heavy (non-hydrogen) atoms. The summed E-state index contributed by atoms with van der Waals surface area (Å²) in [4.78, 5) is 10.1. The smallest absolute Gasteiger partial charge is 0.269 e. The molecule has 0 radical (unpaired) electrons. The molecule has 8 heteroatoms. The lowest BCUT2D eigenvalue weighted by molar-refractivity contribution is -0.384. The predicted molar refractivity (Wildman–Crippen MR) is 83.9 cm³/mol. The van der Waals surface area contributed by atoms with Crippen molar-refractivity contribution in [3.8, 4) is 0 Å². The van der Waals surface area contributed by atoms with Gasteiger partial charge in [0.25, 0.3) is 5.69 Å². The Morgan fingerprint density at radius 3 is 2.41 bits per heavy atom. The van der Waals surface area contributed by atoms with Gasteiger partial charge in [-0.25, -0.2) is 13.1 Å². The Balaban J connectivity index is 1.94. The van der Waals surface area contributed by atoms with Gasteiger partial charge in [0, 0.05) is 18.7 Å². The molecule has 0 saturated carbocycles. The molecule has 1 aromatic rings. The first kappa shape index (κ1) is 16.9. The van der Waals surface area contributed by atoms with E-state index in [2.05, 4.69) is 17.0 Å². The maximum atomic E-state index is 12.1. The Bertz CT molecular complexity index is 622. The van der Waals surface area contributed by atoms with Crippen molar-refractivity contribution < 1.29 is 13.3 Å². The number of rotatable bonds is 6. The number of nitrogens with one attached hydrogen (secondary N) is 2. The lowest BCUT2D eigenvalue weighted by Gasteiger charge is -2.34. The molecular formula is C14H21N3O4S. The maximum Gasteiger partial charge on any atom is 0.269 e. The summed E-state index contributed by atoms with van der Waals surface area (Å²) >= 11 is 0. The molecule has 1 aliphatic heterocycles. The van der Waals surface area contributed by atoms with E-state index < -0.39 is 14.9 Å². The zero-order chi connectivity index (χ0) is 16.2. The van der Waals surface area contributed by atoms with E-state index in [9.17, 15) is 18.5 Å². The number of non-ortho nitro benzene ring substituents is 1. The number of nitrogens with zero attached hydrogens (tertiary/aromatic N) is 1. The van der Waals surface area contributed by atoms with Crippen molar-refractivity contribution in [3.63, 3.8) is 0 Å². The summed E-state index contributed by atoms with van der Waals surface area (Å²) in [5.41, 5.74) is 0.471. The number of hydrogen-bond donors (Lipinski definition) is 2. The average molecular weight is 327 g/mol. The molecule has 2 rings (SSSR count). The fourth-order valence-electron chi connectivity index (χ4n) is 2.48. The highest BCUT2D eigenvalue weighted by atomic mass is 32.2. The van der Waals surface area contributed by atoms with E-state index in [0.29, 0.717) is 12.1 Å². The van der Waals surface area contributed by atoms with Crippen molar-refractivity contribution in [1.29, 1.82) is 0 Å². The second kappa shape index (κ2) is 6.72. The molecule has 0 aromatic heterocycles. The molecule has 0 aliphatic carbocycles. The summed E-state index contributed by atoms with van der Waals surface area (Å²) in [6, 6.07) is 5.59. The zero-order valence-electron chi connectivity index (χ0n) is 12.5. The molecule has 1 aromatic carbocycles. The first-order valence-electron chi connectivity index (χ1n) is 7.21. The van der Waals surface area contributed by atoms with Gasteiger partial charge >= 0.3 is 0 Å². The van der Waals surface area contributed by atoms with Gasteiger partial charge in [-0.1, -0.05) is 19.1 Å². The number of nitro benzene ring substituents is 1. The number of benzene rings is 1. The van der Waals surface area contributed by atoms with Gasteiger partial charge in [0.1, 0.15) is 0 Å². The van der Waals surface area contributed by atoms with Gasteiger partial charge < -0.3 is 5.32 Å². The monoisotopic (exact) mass is 327 g/mol. The summed E-state index contributed by atoms with van der Waals surface area (Å²) in [7, 11) is -3.45. The van der Waals surface area contributed by atoms with Gasteiger partial charge in [0.2, 0.25) is 10.0 Å². The number of piperidine rings is 1. The van der Waals surface area contributed by atoms with E-state index in [4.69, 9.17) is 0 Å². The fourth-order valence-corrected chi connectivity index (χ4v) is 3.78. The van der Waals surface area contributed by atoms with Gasteiger partial charge in [0.15, 0.2) is 0 Å². The lowest BCUT2D eigenvalue weighted by atomic mass is 9.81. The Kier molecular flexibility index (Phi) is 5.15. The number of sulfonamides is 1. The van der Waals surface area contributed by atoms with Gasteiger partial charge in [-0.05, 0) is 36.9 Å². The zero-order valence-corrected chi connectivity index (χ0v) is 13.4. The highest BCUT2D eigenvalue weighted by Gasteiger charge is 2.28. The quantitative estimate of drug-likeness (QED) is 0.607. The van der Waals surface area contributed by atoms with Crippen molar-refractivity contribution in [2.24, 2.45) is 5.41 Å². The third-order valence-corrected chi connectivity index (χ3v) is 5.33. The summed E-state index contributed by atoms with van der Waals surface area (Å²) < 4.78 is 27.0. The normalized spacial score (nSPS) is 18.0. The third kappa shape index (κ3) is 4.75. The molecule has 1 heterocycles. The molecule has 2 N–H and O–H groups in total. The third-order valence-electron chi connectivity index (χ3n) is 4.03. The van der Waals surface area contributed by atoms with E-state index >= 15 is 0 Å². The molecule has 1 saturated heterocycles. The van der Waals surface area contributed by atoms with Crippen LogP contribution in [0.4, 0.5) is 5.69 Å². The van der Waals surface area contributed by atoms with E-state index in [0.717, 1.165) is 25.9 Å². The van der Waals surface area contributed by atoms with Crippen LogP contribution in [-0.2, 0) is 15.8 Å². The molecule has 0 amide bonds. The minimum Gasteiger partial charge on any atom is -0.317 e. The predicted octanol–water partition coefficient (Wildman–Crippen LogP) is 1.40. The summed E-state index contributed by atoms with van der Waals surface area (Å²) in [6.45, 7) is 4.31. The molecule has 0 spiro atoms. The van der Waals surface area contributed by atoms with Crippen LogP contribution in [0.25, 0.3) is 0 Å². The molecule has 7 nitrogen and oxygen atoms in total. The van der Waals surface area contributed by atoms with Crippen LogP contribution in [0.5, 0.6) is 0 Å². The van der Waals surface area contributed by atoms with E-state index in [1.54, 1.807) is 0 Å². The fraction of sp³-hybridized carbons (Fsp3) is 0.571. The maximum absolute atomic E-state index is 12.1. The molecular weight excluding hydrogens is 306 g/mol. The highest BCUT2D eigenvalue weighted by Crippen LogP contribution is 2.27. The van der Waals surface area contributed by atoms with Crippen LogP contribution in [0.1, 0.15) is 25.3 Å². The van der Waals surface area contributed by atoms with Crippen molar-refractivity contribution >= 4 is 15.7 Å². The second-order valence-electron chi connectivity index (χ2n) is 6.06. The first-order valence-corrected chi connectivity index (χ1v) is 8.86. The van der Waals surface area contributed by atoms with Crippen molar-refractivity contribution in [1.82, 2.24) is 10.0 Å². The van der Waals surface area contributed by atoms with Gasteiger partial charge in [0.05, 0.1) is 10.7 Å². The van der Waals surface area contributed by atoms with Crippen LogP contribution < -0.4 is 10.0 Å². The Hall–Kier alpha value is -1.51. The topological polar surface area (TPSA) is 101 Å². The van der Waals surface area contributed by atoms with Crippen molar-refractivity contribution in [2.75, 3.05) is 19.6 Å². The van der Waals surface area contributed by atoms with E-state index in [1.807, 2.05) is 0 Å². The SMILES string of the molecule is CC1(CNS(=O)(=O)Cc2ccc([N+](=O)[O-])cc2)CCNCC1. The van der Waals surface area contributed by atoms with Crippen molar-refractivity contribution in [3.05, 3.63) is 39.9 Å². The van der Waals surface area contributed by atoms with Crippen LogP contribution in [0, 0.1) is 15.5 Å². The largest absolute Gasteiger partial charge is 0.317 e. The van der Waals surface area contributed by atoms with Gasteiger partial charge in [-0.3, -0.25) is 10.1 Å². The minimum absolute atomic E-state index is 0.0200. The Morgan fingerprint density at radius 2 is 1.86 bits per heavy atom. The minimum atomic E-state index is -3.45. The Morgan fingerprint density at radius 1 is 1.27 bits per heavy atom. The number of hydrogen-bond acceptors (Lipinski definition) is 5. The van der Waals surface area contributed by atoms with Gasteiger partial charge in [-0.15, -0.1) is 0 Å². The lowest BCUT2D eigenvalue weighted by Crippen LogP contribution is -2.43. The summed E-state index contributed by atoms with van der Waals surface area (Å²) in [5, 5.41) is 13.8. The van der Waals surface area contributed by atoms with Gasteiger partial charge in [-0.2, -0.15) is 0 Å². The molecule has 0 bridgehead atoms. The van der Waals surface area contributed by atoms with Crippen LogP contribution in [0.3, 0.4) is 0 Å². The summed E-state index contributed by atoms with van der Waals surface area (Å²) in [6.07, 6.45) is 1.88. The summed E-state index contributed by atoms with van der Waals surface area (Å²) in [5.74, 6) is -0.167. The molecule has 0 unspecified atom stereocenters. The van der Waals surface area contributed by atoms with Crippen LogP contribution in [0.15, 0.2) is 24.3 Å². The molecule has 1 aliphatic rings. The average Bonchev–Trinajstić information content (AvgIpc) is 2.46. The molecule has 0 atom stereocenters. The van der Waals surface area contributed by atoms with E-state index in [1.165, 1.54) is 24.3 Å². The van der Waals surface area contributed by atoms with Crippen LogP contribution in [0.2, 0.25) is 0 Å². The molecule has 1 fully saturated rings. The van der Waals surface area contributed by atoms with Crippen LogP contribution >= 0.6 is 0 Å². The highest BCUT2D eigenvalue weighted by molar-refractivity contribution is 7.88. The van der Waals surface area contributed by atoms with E-state index in [-0.39, 0.29) is 16.9 Å². The second-order valence-corrected chi connectivity index (χ2v) is 7.87. The first-order chi connectivity index (χ1) is 10.3. The van der Waals surface area contributed by atoms with Crippen LogP contribution in [-0.4, -0.2) is 33.0 Å².